The molecule has 0 bridgehead atoms. The Morgan fingerprint density at radius 1 is 1.44 bits per heavy atom. The van der Waals surface area contributed by atoms with Crippen molar-refractivity contribution in [2.75, 3.05) is 19.8 Å². The summed E-state index contributed by atoms with van der Waals surface area (Å²) in [6, 6.07) is 0.140. The molecule has 0 aromatic heterocycles. The van der Waals surface area contributed by atoms with Crippen molar-refractivity contribution in [2.24, 2.45) is 0 Å². The molecule has 3 N–H and O–H groups in total. The average Bonchev–Trinajstić information content (AvgIpc) is 2.88. The van der Waals surface area contributed by atoms with Gasteiger partial charge in [-0.1, -0.05) is 12.8 Å². The lowest BCUT2D eigenvalue weighted by molar-refractivity contribution is 0.0291. The third kappa shape index (κ3) is 3.09. The van der Waals surface area contributed by atoms with Gasteiger partial charge < -0.3 is 20.5 Å². The highest BCUT2D eigenvalue weighted by Gasteiger charge is 2.32. The Balaban J connectivity index is 1.66. The zero-order valence-electron chi connectivity index (χ0n) is 9.50. The molecule has 0 aromatic carbocycles. The van der Waals surface area contributed by atoms with Crippen LogP contribution in [-0.2, 0) is 4.74 Å². The number of carbonyl (C=O) groups excluding carboxylic acids is 1. The van der Waals surface area contributed by atoms with E-state index in [4.69, 9.17) is 4.74 Å². The van der Waals surface area contributed by atoms with Crippen LogP contribution in [0.1, 0.15) is 32.1 Å². The summed E-state index contributed by atoms with van der Waals surface area (Å²) in [4.78, 5) is 11.5. The molecule has 1 aliphatic heterocycles. The third-order valence-electron chi connectivity index (χ3n) is 3.35. The molecule has 2 aliphatic rings. The molecule has 1 aliphatic carbocycles. The molecule has 2 fully saturated rings. The van der Waals surface area contributed by atoms with Crippen LogP contribution in [0.5, 0.6) is 0 Å². The van der Waals surface area contributed by atoms with E-state index in [-0.39, 0.29) is 12.6 Å². The minimum atomic E-state index is -0.868. The van der Waals surface area contributed by atoms with Crippen molar-refractivity contribution in [3.05, 3.63) is 0 Å². The van der Waals surface area contributed by atoms with Gasteiger partial charge in [-0.15, -0.1) is 0 Å². The van der Waals surface area contributed by atoms with Gasteiger partial charge in [0.25, 0.3) is 0 Å². The molecule has 1 heterocycles. The molecule has 1 saturated carbocycles. The molecule has 0 radical (unpaired) electrons. The molecule has 1 atom stereocenters. The molecule has 1 saturated heterocycles. The van der Waals surface area contributed by atoms with Crippen molar-refractivity contribution in [1.29, 1.82) is 0 Å². The van der Waals surface area contributed by atoms with Crippen LogP contribution in [0.3, 0.4) is 0 Å². The standard InChI is InChI=1S/C11H20N2O3/c14-10(13-9-3-1-2-4-9)12-7-11(15)5-6-16-8-11/h9,15H,1-8H2,(H2,12,13,14)/t11-/m1/s1. The topological polar surface area (TPSA) is 70.6 Å². The molecule has 92 valence electrons. The molecule has 2 rings (SSSR count). The number of hydrogen-bond donors (Lipinski definition) is 3. The quantitative estimate of drug-likeness (QED) is 0.654. The van der Waals surface area contributed by atoms with Crippen molar-refractivity contribution >= 4 is 6.03 Å². The first-order valence-corrected chi connectivity index (χ1v) is 6.02. The van der Waals surface area contributed by atoms with Crippen LogP contribution < -0.4 is 10.6 Å². The van der Waals surface area contributed by atoms with E-state index in [2.05, 4.69) is 10.6 Å². The third-order valence-corrected chi connectivity index (χ3v) is 3.35. The minimum Gasteiger partial charge on any atom is -0.386 e. The van der Waals surface area contributed by atoms with Gasteiger partial charge in [-0.25, -0.2) is 4.79 Å². The predicted octanol–water partition coefficient (Wildman–Crippen LogP) is 0.380. The highest BCUT2D eigenvalue weighted by Crippen LogP contribution is 2.18. The summed E-state index contributed by atoms with van der Waals surface area (Å²) in [5.74, 6) is 0. The van der Waals surface area contributed by atoms with E-state index >= 15 is 0 Å². The fourth-order valence-electron chi connectivity index (χ4n) is 2.29. The lowest BCUT2D eigenvalue weighted by Crippen LogP contribution is -2.48. The maximum absolute atomic E-state index is 11.5. The van der Waals surface area contributed by atoms with E-state index in [1.54, 1.807) is 0 Å². The first kappa shape index (κ1) is 11.7. The van der Waals surface area contributed by atoms with Crippen molar-refractivity contribution in [1.82, 2.24) is 10.6 Å². The average molecular weight is 228 g/mol. The lowest BCUT2D eigenvalue weighted by atomic mass is 10.0. The number of urea groups is 1. The van der Waals surface area contributed by atoms with Gasteiger partial charge in [-0.2, -0.15) is 0 Å². The fraction of sp³-hybridized carbons (Fsp3) is 0.909. The van der Waals surface area contributed by atoms with Gasteiger partial charge >= 0.3 is 6.03 Å². The number of aliphatic hydroxyl groups is 1. The molecule has 0 spiro atoms. The van der Waals surface area contributed by atoms with E-state index in [0.717, 1.165) is 12.8 Å². The van der Waals surface area contributed by atoms with Crippen LogP contribution in [0.2, 0.25) is 0 Å². The van der Waals surface area contributed by atoms with Crippen LogP contribution >= 0.6 is 0 Å². The molecule has 0 unspecified atom stereocenters. The fourth-order valence-corrected chi connectivity index (χ4v) is 2.29. The molecule has 5 heteroatoms. The van der Waals surface area contributed by atoms with Gasteiger partial charge in [0, 0.05) is 19.1 Å². The van der Waals surface area contributed by atoms with Gasteiger partial charge in [0.2, 0.25) is 0 Å². The first-order valence-electron chi connectivity index (χ1n) is 6.02. The number of carbonyl (C=O) groups is 1. The van der Waals surface area contributed by atoms with Gasteiger partial charge in [0.1, 0.15) is 5.60 Å². The predicted molar refractivity (Wildman–Crippen MR) is 59.2 cm³/mol. The first-order chi connectivity index (χ1) is 7.68. The van der Waals surface area contributed by atoms with E-state index in [9.17, 15) is 9.90 Å². The number of rotatable bonds is 3. The van der Waals surface area contributed by atoms with Crippen molar-refractivity contribution < 1.29 is 14.6 Å². The van der Waals surface area contributed by atoms with Crippen LogP contribution in [0.15, 0.2) is 0 Å². The molecule has 5 nitrogen and oxygen atoms in total. The van der Waals surface area contributed by atoms with Crippen molar-refractivity contribution in [3.8, 4) is 0 Å². The van der Waals surface area contributed by atoms with Crippen molar-refractivity contribution in [2.45, 2.75) is 43.7 Å². The number of amides is 2. The van der Waals surface area contributed by atoms with E-state index in [1.165, 1.54) is 12.8 Å². The van der Waals surface area contributed by atoms with Crippen LogP contribution in [0, 0.1) is 0 Å². The maximum atomic E-state index is 11.5. The zero-order valence-corrected chi connectivity index (χ0v) is 9.50. The monoisotopic (exact) mass is 228 g/mol. The Morgan fingerprint density at radius 2 is 2.19 bits per heavy atom. The molecule has 0 aromatic rings. The second-order valence-corrected chi connectivity index (χ2v) is 4.84. The van der Waals surface area contributed by atoms with Crippen LogP contribution in [0.4, 0.5) is 4.79 Å². The molecular weight excluding hydrogens is 208 g/mol. The Hall–Kier alpha value is -0.810. The smallest absolute Gasteiger partial charge is 0.315 e. The van der Waals surface area contributed by atoms with E-state index in [1.807, 2.05) is 0 Å². The summed E-state index contributed by atoms with van der Waals surface area (Å²) in [5, 5.41) is 15.6. The Bertz CT molecular complexity index is 246. The summed E-state index contributed by atoms with van der Waals surface area (Å²) >= 11 is 0. The zero-order chi connectivity index (χ0) is 11.4. The summed E-state index contributed by atoms with van der Waals surface area (Å²) < 4.78 is 5.10. The summed E-state index contributed by atoms with van der Waals surface area (Å²) in [6.45, 7) is 1.16. The Morgan fingerprint density at radius 3 is 2.81 bits per heavy atom. The molecular formula is C11H20N2O3. The summed E-state index contributed by atoms with van der Waals surface area (Å²) in [6.07, 6.45) is 5.13. The second-order valence-electron chi connectivity index (χ2n) is 4.84. The summed E-state index contributed by atoms with van der Waals surface area (Å²) in [5.41, 5.74) is -0.868. The van der Waals surface area contributed by atoms with Crippen LogP contribution in [0.25, 0.3) is 0 Å². The van der Waals surface area contributed by atoms with Gasteiger partial charge in [0.15, 0.2) is 0 Å². The largest absolute Gasteiger partial charge is 0.386 e. The molecule has 2 amide bonds. The Kier molecular flexibility index (Phi) is 3.66. The highest BCUT2D eigenvalue weighted by atomic mass is 16.5. The SMILES string of the molecule is O=C(NC[C@]1(O)CCOC1)NC1CCCC1. The normalized spacial score (nSPS) is 30.6. The highest BCUT2D eigenvalue weighted by molar-refractivity contribution is 5.74. The lowest BCUT2D eigenvalue weighted by Gasteiger charge is -2.21. The number of nitrogens with one attached hydrogen (secondary N) is 2. The second kappa shape index (κ2) is 5.01. The molecule has 16 heavy (non-hydrogen) atoms. The summed E-state index contributed by atoms with van der Waals surface area (Å²) in [7, 11) is 0. The maximum Gasteiger partial charge on any atom is 0.315 e. The van der Waals surface area contributed by atoms with Gasteiger partial charge in [-0.05, 0) is 12.8 Å². The van der Waals surface area contributed by atoms with E-state index in [0.29, 0.717) is 25.7 Å². The Labute approximate surface area is 95.5 Å². The minimum absolute atomic E-state index is 0.174. The van der Waals surface area contributed by atoms with Gasteiger partial charge in [0.05, 0.1) is 13.2 Å². The van der Waals surface area contributed by atoms with Gasteiger partial charge in [-0.3, -0.25) is 0 Å². The number of ether oxygens (including phenoxy) is 1. The van der Waals surface area contributed by atoms with Crippen molar-refractivity contribution in [3.63, 3.8) is 0 Å². The number of hydrogen-bond acceptors (Lipinski definition) is 3. The van der Waals surface area contributed by atoms with E-state index < -0.39 is 5.60 Å². The van der Waals surface area contributed by atoms with Crippen LogP contribution in [-0.4, -0.2) is 42.5 Å².